The average Bonchev–Trinajstić information content (AvgIpc) is 1.65. The number of carboxylic acid groups (broad SMARTS) is 1. The SMILES string of the molecule is CCC[C@H](NC(=O)[C@@H]1C[C@]2(CC(C(=O)O)=NO2)CN1C(=O)[C@@H](NC(=O)O[C@H]1CCOC1)C(C)(C)C)C(OC)C(=O)NC1CC1.CCC[C@H](NC(=O)[C@@H]1C[C@]2(CC(C(=O)OCC)=NO2)CN1C(=O)[C@@H](NC(=O)O[C@H]1CCOC1)C(C)(C)C)C(OC)C(=O)NC1CC1. The number of hydrogen-bond donors (Lipinski definition) is 7. The van der Waals surface area contributed by atoms with Gasteiger partial charge >= 0.3 is 24.1 Å². The Hall–Kier alpha value is -6.92. The van der Waals surface area contributed by atoms with Crippen molar-refractivity contribution in [2.75, 3.05) is 60.3 Å². The van der Waals surface area contributed by atoms with Crippen LogP contribution in [0.2, 0.25) is 0 Å². The molecule has 0 aromatic heterocycles. The van der Waals surface area contributed by atoms with Crippen LogP contribution in [0.5, 0.6) is 0 Å². The number of likely N-dealkylation sites (tertiary alicyclic amines) is 2. The fourth-order valence-corrected chi connectivity index (χ4v) is 11.9. The summed E-state index contributed by atoms with van der Waals surface area (Å²) in [5.74, 6) is -4.70. The fraction of sp³-hybridized carbons (Fsp3) is 0.800. The van der Waals surface area contributed by atoms with Crippen LogP contribution in [-0.4, -0.2) is 230 Å². The summed E-state index contributed by atoms with van der Waals surface area (Å²) >= 11 is 0. The molecule has 0 radical (unpaired) electrons. The number of oxime groups is 2. The third kappa shape index (κ3) is 18.4. The molecule has 8 amide bonds. The molecule has 12 atom stereocenters. The Morgan fingerprint density at radius 2 is 1.00 bits per heavy atom. The highest BCUT2D eigenvalue weighted by atomic mass is 16.7. The van der Waals surface area contributed by atoms with Crippen molar-refractivity contribution in [3.63, 3.8) is 0 Å². The highest BCUT2D eigenvalue weighted by Crippen LogP contribution is 2.41. The van der Waals surface area contributed by atoms with E-state index >= 15 is 0 Å². The van der Waals surface area contributed by atoms with E-state index in [-0.39, 0.29) is 93.9 Å². The van der Waals surface area contributed by atoms with Crippen molar-refractivity contribution < 1.29 is 95.9 Å². The van der Waals surface area contributed by atoms with Gasteiger partial charge < -0.3 is 89.6 Å². The molecule has 2 aliphatic carbocycles. The smallest absolute Gasteiger partial charge is 0.408 e. The maximum Gasteiger partial charge on any atom is 0.408 e. The predicted octanol–water partition coefficient (Wildman–Crippen LogP) is 1.87. The van der Waals surface area contributed by atoms with Crippen LogP contribution >= 0.6 is 0 Å². The fourth-order valence-electron chi connectivity index (χ4n) is 11.9. The molecule has 8 aliphatic rings. The Balaban J connectivity index is 0.000000256. The van der Waals surface area contributed by atoms with Crippen LogP contribution in [0.4, 0.5) is 9.59 Å². The Morgan fingerprint density at radius 1 is 0.600 bits per heavy atom. The minimum atomic E-state index is -1.26. The van der Waals surface area contributed by atoms with E-state index in [9.17, 15) is 53.1 Å². The van der Waals surface area contributed by atoms with Gasteiger partial charge in [0.25, 0.3) is 11.8 Å². The lowest BCUT2D eigenvalue weighted by molar-refractivity contribution is -0.143. The van der Waals surface area contributed by atoms with Crippen LogP contribution in [0.25, 0.3) is 0 Å². The quantitative estimate of drug-likeness (QED) is 0.0507. The van der Waals surface area contributed by atoms with Gasteiger partial charge in [-0.15, -0.1) is 0 Å². The van der Waals surface area contributed by atoms with Crippen molar-refractivity contribution in [3.05, 3.63) is 0 Å². The van der Waals surface area contributed by atoms with Crippen molar-refractivity contribution in [2.24, 2.45) is 21.1 Å². The molecule has 30 heteroatoms. The van der Waals surface area contributed by atoms with Crippen LogP contribution in [0.3, 0.4) is 0 Å². The van der Waals surface area contributed by atoms with E-state index in [1.807, 2.05) is 13.8 Å². The number of esters is 1. The van der Waals surface area contributed by atoms with Gasteiger partial charge in [0, 0.05) is 64.8 Å². The first kappa shape index (κ1) is 70.5. The normalized spacial score (nSPS) is 26.4. The Kier molecular flexibility index (Phi) is 23.9. The summed E-state index contributed by atoms with van der Waals surface area (Å²) in [4.78, 5) is 147. The van der Waals surface area contributed by atoms with Gasteiger partial charge in [0.05, 0.1) is 58.2 Å². The van der Waals surface area contributed by atoms with Gasteiger partial charge in [-0.05, 0) is 56.3 Å². The number of alkyl carbamates (subject to hydrolysis) is 2. The summed E-state index contributed by atoms with van der Waals surface area (Å²) < 4.78 is 37.7. The maximum atomic E-state index is 14.4. The summed E-state index contributed by atoms with van der Waals surface area (Å²) in [5, 5.41) is 34.3. The molecular weight excluding hydrogens is 1180 g/mol. The van der Waals surface area contributed by atoms with Gasteiger partial charge in [-0.3, -0.25) is 28.8 Å². The minimum Gasteiger partial charge on any atom is -0.477 e. The molecule has 6 aliphatic heterocycles. The molecule has 504 valence electrons. The molecule has 6 heterocycles. The van der Waals surface area contributed by atoms with Crippen molar-refractivity contribution >= 4 is 71.0 Å². The first-order valence-corrected chi connectivity index (χ1v) is 31.5. The van der Waals surface area contributed by atoms with Crippen molar-refractivity contribution in [2.45, 2.75) is 236 Å². The van der Waals surface area contributed by atoms with Crippen LogP contribution in [-0.2, 0) is 81.2 Å². The summed E-state index contributed by atoms with van der Waals surface area (Å²) in [6.45, 7) is 17.6. The summed E-state index contributed by atoms with van der Waals surface area (Å²) in [7, 11) is 2.82. The zero-order valence-corrected chi connectivity index (χ0v) is 53.8. The van der Waals surface area contributed by atoms with Crippen molar-refractivity contribution in [1.82, 2.24) is 41.7 Å². The zero-order chi connectivity index (χ0) is 65.9. The van der Waals surface area contributed by atoms with Crippen molar-refractivity contribution in [1.29, 1.82) is 0 Å². The Bertz CT molecular complexity index is 2680. The predicted molar refractivity (Wildman–Crippen MR) is 318 cm³/mol. The molecule has 4 saturated heterocycles. The highest BCUT2D eigenvalue weighted by molar-refractivity contribution is 6.37. The number of aliphatic carboxylic acids is 1. The van der Waals surface area contributed by atoms with Gasteiger partial charge in [0.15, 0.2) is 34.8 Å². The van der Waals surface area contributed by atoms with Gasteiger partial charge in [-0.2, -0.15) is 0 Å². The minimum absolute atomic E-state index is 0.0163. The standard InChI is InChI=1S/C31H49N5O10.C29H45N5O10/c1-7-9-20(23(42-6)26(38)32-18-10-11-18)33-25(37)22-15-31(14-21(35-46-31)28(40)44-8-2)17-36(22)27(39)24(30(3,4)5)34-29(41)45-19-12-13-43-16-19;1-6-7-18(21(41-5)24(36)30-16-8-9-16)31-23(35)20-13-29(12-19(26(38)39)33-44-29)15-34(20)25(37)22(28(2,3)4)32-27(40)43-17-10-11-42-14-17/h18-20,22-24H,7-17H2,1-6H3,(H,32,38)(H,33,37)(H,34,41);16-18,20-22H,6-15H2,1-5H3,(H,30,36)(H,31,35)(H,32,40)(H,38,39)/t19-,20-,22-,23?,24+,31+;17-,18-,20-,21?,22+,29+/m00/s1. The molecule has 0 aromatic carbocycles. The number of carbonyl (C=O) groups excluding carboxylic acids is 9. The zero-order valence-electron chi connectivity index (χ0n) is 53.8. The largest absolute Gasteiger partial charge is 0.477 e. The monoisotopic (exact) mass is 1270 g/mol. The van der Waals surface area contributed by atoms with Crippen LogP contribution in [0, 0.1) is 10.8 Å². The number of nitrogens with zero attached hydrogens (tertiary/aromatic N) is 4. The van der Waals surface area contributed by atoms with E-state index in [2.05, 4.69) is 42.2 Å². The summed E-state index contributed by atoms with van der Waals surface area (Å²) in [6.07, 6.45) is 2.42. The number of methoxy groups -OCH3 is 2. The molecular formula is C60H94N10O20. The molecule has 2 spiro atoms. The van der Waals surface area contributed by atoms with Gasteiger partial charge in [0.1, 0.15) is 36.4 Å². The van der Waals surface area contributed by atoms with E-state index in [0.29, 0.717) is 51.7 Å². The molecule has 8 rings (SSSR count). The number of hydrogen-bond acceptors (Lipinski definition) is 21. The van der Waals surface area contributed by atoms with E-state index in [0.717, 1.165) is 25.7 Å². The molecule has 0 bridgehead atoms. The molecule has 6 fully saturated rings. The van der Waals surface area contributed by atoms with E-state index < -0.39 is 130 Å². The number of nitrogens with one attached hydrogen (secondary N) is 6. The number of amides is 8. The van der Waals surface area contributed by atoms with E-state index in [1.54, 1.807) is 48.5 Å². The lowest BCUT2D eigenvalue weighted by Crippen LogP contribution is -2.60. The Labute approximate surface area is 524 Å². The molecule has 7 N–H and O–H groups in total. The van der Waals surface area contributed by atoms with Crippen molar-refractivity contribution in [3.8, 4) is 0 Å². The first-order chi connectivity index (χ1) is 42.6. The Morgan fingerprint density at radius 3 is 1.32 bits per heavy atom. The number of carboxylic acids is 1. The molecule has 90 heavy (non-hydrogen) atoms. The second-order valence-corrected chi connectivity index (χ2v) is 26.7. The highest BCUT2D eigenvalue weighted by Gasteiger charge is 2.58. The first-order valence-electron chi connectivity index (χ1n) is 31.5. The number of ether oxygens (including phenoxy) is 7. The molecule has 2 saturated carbocycles. The summed E-state index contributed by atoms with van der Waals surface area (Å²) in [6, 6.07) is -5.54. The third-order valence-electron chi connectivity index (χ3n) is 16.9. The number of carbonyl (C=O) groups is 10. The summed E-state index contributed by atoms with van der Waals surface area (Å²) in [5.41, 5.74) is -4.16. The van der Waals surface area contributed by atoms with E-state index in [4.69, 9.17) is 42.8 Å². The molecule has 2 unspecified atom stereocenters. The number of rotatable bonds is 25. The van der Waals surface area contributed by atoms with Gasteiger partial charge in [-0.25, -0.2) is 19.2 Å². The second-order valence-electron chi connectivity index (χ2n) is 26.7. The topological polar surface area (TPSA) is 377 Å². The molecule has 0 aromatic rings. The van der Waals surface area contributed by atoms with Crippen LogP contribution in [0.15, 0.2) is 10.3 Å². The van der Waals surface area contributed by atoms with Gasteiger partial charge in [-0.1, -0.05) is 78.5 Å². The van der Waals surface area contributed by atoms with Crippen LogP contribution < -0.4 is 31.9 Å². The van der Waals surface area contributed by atoms with Gasteiger partial charge in [0.2, 0.25) is 23.6 Å². The average molecular weight is 1280 g/mol. The second kappa shape index (κ2) is 30.5. The van der Waals surface area contributed by atoms with E-state index in [1.165, 1.54) is 24.0 Å². The maximum absolute atomic E-state index is 14.4. The lowest BCUT2D eigenvalue weighted by Gasteiger charge is -2.36. The lowest BCUT2D eigenvalue weighted by atomic mass is 9.85. The molecule has 30 nitrogen and oxygen atoms in total. The third-order valence-corrected chi connectivity index (χ3v) is 16.9. The van der Waals surface area contributed by atoms with Crippen LogP contribution in [0.1, 0.15) is 152 Å².